The van der Waals surface area contributed by atoms with E-state index in [1.807, 2.05) is 0 Å². The number of hydrogen-bond acceptors (Lipinski definition) is 3. The number of carbonyl (C=O) groups is 1. The first-order valence-corrected chi connectivity index (χ1v) is 9.27. The highest BCUT2D eigenvalue weighted by atomic mass is 32.1. The number of benzene rings is 2. The minimum absolute atomic E-state index is 0.0800. The highest BCUT2D eigenvalue weighted by Gasteiger charge is 2.17. The monoisotopic (exact) mass is 408 g/mol. The zero-order chi connectivity index (χ0) is 20.4. The van der Waals surface area contributed by atoms with E-state index in [4.69, 9.17) is 0 Å². The van der Waals surface area contributed by atoms with Gasteiger partial charge in [0.15, 0.2) is 11.6 Å². The lowest BCUT2D eigenvalue weighted by Crippen LogP contribution is -2.27. The molecule has 1 heterocycles. The van der Waals surface area contributed by atoms with E-state index in [1.54, 1.807) is 6.92 Å². The Bertz CT molecular complexity index is 1010. The molecule has 0 aliphatic heterocycles. The molecular weight excluding hydrogens is 392 g/mol. The molecule has 0 fully saturated rings. The lowest BCUT2D eigenvalue weighted by atomic mass is 10.1. The van der Waals surface area contributed by atoms with Crippen molar-refractivity contribution in [2.45, 2.75) is 26.3 Å². The molecule has 0 saturated carbocycles. The Kier molecular flexibility index (Phi) is 5.79. The maximum atomic E-state index is 13.7. The number of aromatic nitrogens is 1. The smallest absolute Gasteiger partial charge is 0.271 e. The molecule has 0 spiro atoms. The fourth-order valence-corrected chi connectivity index (χ4v) is 3.40. The van der Waals surface area contributed by atoms with Gasteiger partial charge in [0.05, 0.1) is 11.0 Å². The second-order valence-electron chi connectivity index (χ2n) is 6.36. The van der Waals surface area contributed by atoms with Crippen LogP contribution in [0.3, 0.4) is 0 Å². The molecule has 2 aromatic carbocycles. The van der Waals surface area contributed by atoms with Gasteiger partial charge in [0.2, 0.25) is 0 Å². The lowest BCUT2D eigenvalue weighted by Gasteiger charge is -2.14. The molecule has 3 rings (SSSR count). The molecule has 0 aliphatic rings. The van der Waals surface area contributed by atoms with Crippen molar-refractivity contribution in [1.82, 2.24) is 10.3 Å². The summed E-state index contributed by atoms with van der Waals surface area (Å²) in [6.45, 7) is 2.94. The van der Waals surface area contributed by atoms with Crippen LogP contribution in [0.15, 0.2) is 35.7 Å². The van der Waals surface area contributed by atoms with Crippen LogP contribution in [0.1, 0.15) is 45.2 Å². The number of nitrogens with one attached hydrogen (secondary N) is 1. The number of thiazole rings is 1. The quantitative estimate of drug-likeness (QED) is 0.598. The zero-order valence-electron chi connectivity index (χ0n) is 15.0. The SMILES string of the molecule is Cc1c(F)cc([C@@H](C)NC(=O)c2csc(Cc3ccc(F)c(F)c3)n2)cc1F. The first kappa shape index (κ1) is 20.0. The normalized spacial score (nSPS) is 12.1. The van der Waals surface area contributed by atoms with E-state index in [9.17, 15) is 22.4 Å². The molecule has 0 aliphatic carbocycles. The van der Waals surface area contributed by atoms with Gasteiger partial charge in [-0.1, -0.05) is 6.07 Å². The Morgan fingerprint density at radius 1 is 1.07 bits per heavy atom. The van der Waals surface area contributed by atoms with Crippen LogP contribution in [0.4, 0.5) is 17.6 Å². The van der Waals surface area contributed by atoms with Crippen molar-refractivity contribution in [3.63, 3.8) is 0 Å². The third-order valence-corrected chi connectivity index (χ3v) is 5.12. The minimum atomic E-state index is -0.946. The van der Waals surface area contributed by atoms with Gasteiger partial charge in [-0.15, -0.1) is 11.3 Å². The van der Waals surface area contributed by atoms with E-state index in [2.05, 4.69) is 10.3 Å². The van der Waals surface area contributed by atoms with E-state index >= 15 is 0 Å². The Morgan fingerprint density at radius 3 is 2.39 bits per heavy atom. The average molecular weight is 408 g/mol. The molecular formula is C20H16F4N2OS. The van der Waals surface area contributed by atoms with Crippen molar-refractivity contribution in [2.75, 3.05) is 0 Å². The molecule has 1 amide bonds. The fourth-order valence-electron chi connectivity index (χ4n) is 2.59. The van der Waals surface area contributed by atoms with Gasteiger partial charge < -0.3 is 5.32 Å². The summed E-state index contributed by atoms with van der Waals surface area (Å²) in [6.07, 6.45) is 0.249. The molecule has 0 bridgehead atoms. The summed E-state index contributed by atoms with van der Waals surface area (Å²) in [5.74, 6) is -3.74. The van der Waals surface area contributed by atoms with Crippen molar-refractivity contribution >= 4 is 17.2 Å². The van der Waals surface area contributed by atoms with Gasteiger partial charge in [-0.3, -0.25) is 4.79 Å². The van der Waals surface area contributed by atoms with E-state index < -0.39 is 35.2 Å². The Morgan fingerprint density at radius 2 is 1.75 bits per heavy atom. The van der Waals surface area contributed by atoms with Crippen molar-refractivity contribution in [2.24, 2.45) is 0 Å². The number of carbonyl (C=O) groups excluding carboxylic acids is 1. The Labute approximate surface area is 163 Å². The second kappa shape index (κ2) is 8.10. The van der Waals surface area contributed by atoms with Crippen molar-refractivity contribution in [3.05, 3.63) is 86.4 Å². The number of nitrogens with zero attached hydrogens (tertiary/aromatic N) is 1. The number of hydrogen-bond donors (Lipinski definition) is 1. The summed E-state index contributed by atoms with van der Waals surface area (Å²) in [6, 6.07) is 5.29. The van der Waals surface area contributed by atoms with Crippen LogP contribution in [0, 0.1) is 30.2 Å². The van der Waals surface area contributed by atoms with Crippen LogP contribution in [0.5, 0.6) is 0 Å². The van der Waals surface area contributed by atoms with E-state index in [-0.39, 0.29) is 17.7 Å². The fraction of sp³-hybridized carbons (Fsp3) is 0.200. The van der Waals surface area contributed by atoms with Crippen LogP contribution < -0.4 is 5.32 Å². The standard InChI is InChI=1S/C20H16F4N2OS/c1-10-15(22)7-13(8-16(10)23)11(2)25-20(27)18-9-28-19(26-18)6-12-3-4-14(21)17(24)5-12/h3-5,7-9,11H,6H2,1-2H3,(H,25,27)/t11-/m1/s1. The molecule has 1 N–H and O–H groups in total. The number of amides is 1. The van der Waals surface area contributed by atoms with Gasteiger partial charge >= 0.3 is 0 Å². The predicted octanol–water partition coefficient (Wildman–Crippen LogP) is 5.09. The molecule has 28 heavy (non-hydrogen) atoms. The lowest BCUT2D eigenvalue weighted by molar-refractivity contribution is 0.0935. The van der Waals surface area contributed by atoms with E-state index in [0.29, 0.717) is 16.1 Å². The van der Waals surface area contributed by atoms with Crippen molar-refractivity contribution in [3.8, 4) is 0 Å². The molecule has 1 atom stereocenters. The summed E-state index contributed by atoms with van der Waals surface area (Å²) in [5, 5.41) is 4.73. The van der Waals surface area contributed by atoms with Crippen LogP contribution in [0.25, 0.3) is 0 Å². The van der Waals surface area contributed by atoms with Gasteiger partial charge in [-0.05, 0) is 49.2 Å². The first-order chi connectivity index (χ1) is 13.2. The highest BCUT2D eigenvalue weighted by Crippen LogP contribution is 2.21. The molecule has 8 heteroatoms. The average Bonchev–Trinajstić information content (AvgIpc) is 3.11. The van der Waals surface area contributed by atoms with E-state index in [0.717, 1.165) is 12.1 Å². The molecule has 1 aromatic heterocycles. The van der Waals surface area contributed by atoms with Gasteiger partial charge in [-0.25, -0.2) is 22.5 Å². The predicted molar refractivity (Wildman–Crippen MR) is 98.3 cm³/mol. The minimum Gasteiger partial charge on any atom is -0.344 e. The summed E-state index contributed by atoms with van der Waals surface area (Å²) < 4.78 is 53.7. The Balaban J connectivity index is 1.69. The molecule has 0 radical (unpaired) electrons. The molecule has 0 saturated heterocycles. The van der Waals surface area contributed by atoms with Gasteiger partial charge in [0.25, 0.3) is 5.91 Å². The van der Waals surface area contributed by atoms with Crippen LogP contribution >= 0.6 is 11.3 Å². The number of rotatable bonds is 5. The number of halogens is 4. The van der Waals surface area contributed by atoms with Crippen LogP contribution in [-0.4, -0.2) is 10.9 Å². The first-order valence-electron chi connectivity index (χ1n) is 8.39. The van der Waals surface area contributed by atoms with Gasteiger partial charge in [-0.2, -0.15) is 0 Å². The second-order valence-corrected chi connectivity index (χ2v) is 7.30. The topological polar surface area (TPSA) is 42.0 Å². The van der Waals surface area contributed by atoms with Gasteiger partial charge in [0.1, 0.15) is 17.3 Å². The molecule has 146 valence electrons. The zero-order valence-corrected chi connectivity index (χ0v) is 15.8. The highest BCUT2D eigenvalue weighted by molar-refractivity contribution is 7.09. The van der Waals surface area contributed by atoms with Crippen molar-refractivity contribution in [1.29, 1.82) is 0 Å². The summed E-state index contributed by atoms with van der Waals surface area (Å²) >= 11 is 1.20. The van der Waals surface area contributed by atoms with Crippen LogP contribution in [0.2, 0.25) is 0 Å². The van der Waals surface area contributed by atoms with E-state index in [1.165, 1.54) is 41.8 Å². The summed E-state index contributed by atoms with van der Waals surface area (Å²) in [5.41, 5.74) is 0.886. The third kappa shape index (κ3) is 4.39. The van der Waals surface area contributed by atoms with Crippen LogP contribution in [-0.2, 0) is 6.42 Å². The Hall–Kier alpha value is -2.74. The van der Waals surface area contributed by atoms with Gasteiger partial charge in [0, 0.05) is 17.4 Å². The molecule has 3 aromatic rings. The van der Waals surface area contributed by atoms with Crippen molar-refractivity contribution < 1.29 is 22.4 Å². The maximum absolute atomic E-state index is 13.7. The molecule has 0 unspecified atom stereocenters. The maximum Gasteiger partial charge on any atom is 0.271 e. The third-order valence-electron chi connectivity index (χ3n) is 4.27. The summed E-state index contributed by atoms with van der Waals surface area (Å²) in [7, 11) is 0. The summed E-state index contributed by atoms with van der Waals surface area (Å²) in [4.78, 5) is 16.6. The largest absolute Gasteiger partial charge is 0.344 e. The molecule has 3 nitrogen and oxygen atoms in total.